The van der Waals surface area contributed by atoms with Crippen molar-refractivity contribution in [2.75, 3.05) is 46.5 Å². The molecular formula is C22H29N3O4. The maximum Gasteiger partial charge on any atom is 0.223 e. The monoisotopic (exact) mass is 399 g/mol. The molecular weight excluding hydrogens is 370 g/mol. The van der Waals surface area contributed by atoms with Crippen LogP contribution in [0.2, 0.25) is 0 Å². The Morgan fingerprint density at radius 3 is 2.79 bits per heavy atom. The second-order valence-electron chi connectivity index (χ2n) is 7.83. The van der Waals surface area contributed by atoms with Gasteiger partial charge in [0.05, 0.1) is 26.0 Å². The molecule has 3 heterocycles. The Kier molecular flexibility index (Phi) is 6.46. The minimum Gasteiger partial charge on any atom is -0.497 e. The average molecular weight is 399 g/mol. The Morgan fingerprint density at radius 1 is 1.24 bits per heavy atom. The van der Waals surface area contributed by atoms with Gasteiger partial charge < -0.3 is 24.2 Å². The van der Waals surface area contributed by atoms with E-state index in [-0.39, 0.29) is 5.91 Å². The van der Waals surface area contributed by atoms with Crippen molar-refractivity contribution in [1.82, 2.24) is 15.4 Å². The fourth-order valence-corrected chi connectivity index (χ4v) is 4.22. The molecule has 2 saturated heterocycles. The highest BCUT2D eigenvalue weighted by atomic mass is 16.5. The summed E-state index contributed by atoms with van der Waals surface area (Å²) >= 11 is 0. The number of aromatic nitrogens is 1. The molecule has 1 aromatic heterocycles. The summed E-state index contributed by atoms with van der Waals surface area (Å²) in [6.45, 7) is 4.59. The molecule has 2 aliphatic heterocycles. The first-order chi connectivity index (χ1) is 14.2. The third-order valence-corrected chi connectivity index (χ3v) is 5.97. The number of amides is 1. The lowest BCUT2D eigenvalue weighted by molar-refractivity contribution is -0.136. The van der Waals surface area contributed by atoms with E-state index >= 15 is 0 Å². The minimum atomic E-state index is 0.254. The number of hydrogen-bond acceptors (Lipinski definition) is 6. The summed E-state index contributed by atoms with van der Waals surface area (Å²) in [6.07, 6.45) is 2.44. The van der Waals surface area contributed by atoms with Crippen LogP contribution in [0, 0.1) is 11.8 Å². The molecule has 1 amide bonds. The van der Waals surface area contributed by atoms with Gasteiger partial charge >= 0.3 is 0 Å². The lowest BCUT2D eigenvalue weighted by Crippen LogP contribution is -2.44. The summed E-state index contributed by atoms with van der Waals surface area (Å²) in [6, 6.07) is 9.77. The Labute approximate surface area is 171 Å². The van der Waals surface area contributed by atoms with Crippen molar-refractivity contribution in [2.24, 2.45) is 11.8 Å². The fraction of sp³-hybridized carbons (Fsp3) is 0.545. The van der Waals surface area contributed by atoms with Gasteiger partial charge in [-0.1, -0.05) is 5.16 Å². The number of hydrogen-bond donors (Lipinski definition) is 1. The van der Waals surface area contributed by atoms with Crippen molar-refractivity contribution in [2.45, 2.75) is 19.3 Å². The van der Waals surface area contributed by atoms with Gasteiger partial charge in [0.2, 0.25) is 5.91 Å². The molecule has 0 radical (unpaired) electrons. The molecule has 7 heteroatoms. The predicted molar refractivity (Wildman–Crippen MR) is 109 cm³/mol. The van der Waals surface area contributed by atoms with Crippen molar-refractivity contribution >= 4 is 5.91 Å². The number of carbonyl (C=O) groups is 1. The van der Waals surface area contributed by atoms with E-state index in [1.807, 2.05) is 35.2 Å². The van der Waals surface area contributed by atoms with Gasteiger partial charge in [0, 0.05) is 31.1 Å². The summed E-state index contributed by atoms with van der Waals surface area (Å²) < 4.78 is 16.1. The Morgan fingerprint density at radius 2 is 2.03 bits per heavy atom. The summed E-state index contributed by atoms with van der Waals surface area (Å²) in [4.78, 5) is 14.7. The fourth-order valence-electron chi connectivity index (χ4n) is 4.22. The zero-order valence-corrected chi connectivity index (χ0v) is 16.9. The third kappa shape index (κ3) is 4.97. The highest BCUT2D eigenvalue weighted by Gasteiger charge is 2.30. The van der Waals surface area contributed by atoms with Crippen LogP contribution in [0.25, 0.3) is 11.3 Å². The minimum absolute atomic E-state index is 0.254. The smallest absolute Gasteiger partial charge is 0.223 e. The van der Waals surface area contributed by atoms with E-state index in [2.05, 4.69) is 10.5 Å². The molecule has 1 N–H and O–H groups in total. The molecule has 2 aromatic rings. The molecule has 1 aromatic carbocycles. The van der Waals surface area contributed by atoms with E-state index in [0.717, 1.165) is 48.7 Å². The van der Waals surface area contributed by atoms with Crippen LogP contribution >= 0.6 is 0 Å². The van der Waals surface area contributed by atoms with E-state index in [9.17, 15) is 4.79 Å². The molecule has 0 spiro atoms. The first kappa shape index (κ1) is 19.9. The lowest BCUT2D eigenvalue weighted by atomic mass is 9.81. The molecule has 0 bridgehead atoms. The maximum absolute atomic E-state index is 12.7. The van der Waals surface area contributed by atoms with Crippen LogP contribution in [-0.4, -0.2) is 62.5 Å². The second-order valence-corrected chi connectivity index (χ2v) is 7.83. The van der Waals surface area contributed by atoms with Crippen LogP contribution in [-0.2, 0) is 16.0 Å². The Bertz CT molecular complexity index is 799. The molecule has 0 saturated carbocycles. The van der Waals surface area contributed by atoms with Gasteiger partial charge in [-0.2, -0.15) is 0 Å². The molecule has 0 unspecified atom stereocenters. The predicted octanol–water partition coefficient (Wildman–Crippen LogP) is 2.37. The van der Waals surface area contributed by atoms with Gasteiger partial charge in [-0.05, 0) is 62.0 Å². The van der Waals surface area contributed by atoms with E-state index < -0.39 is 0 Å². The van der Waals surface area contributed by atoms with Gasteiger partial charge in [0.25, 0.3) is 0 Å². The molecule has 29 heavy (non-hydrogen) atoms. The first-order valence-corrected chi connectivity index (χ1v) is 10.4. The van der Waals surface area contributed by atoms with E-state index in [1.54, 1.807) is 7.11 Å². The van der Waals surface area contributed by atoms with E-state index in [4.69, 9.17) is 14.0 Å². The zero-order valence-electron chi connectivity index (χ0n) is 16.9. The van der Waals surface area contributed by atoms with Gasteiger partial charge in [-0.25, -0.2) is 0 Å². The summed E-state index contributed by atoms with van der Waals surface area (Å²) in [7, 11) is 1.65. The third-order valence-electron chi connectivity index (χ3n) is 5.97. The van der Waals surface area contributed by atoms with Crippen LogP contribution < -0.4 is 10.1 Å². The Balaban J connectivity index is 1.39. The van der Waals surface area contributed by atoms with Gasteiger partial charge in [-0.15, -0.1) is 0 Å². The number of rotatable bonds is 6. The second kappa shape index (κ2) is 9.41. The van der Waals surface area contributed by atoms with E-state index in [1.165, 1.54) is 0 Å². The van der Waals surface area contributed by atoms with Gasteiger partial charge in [-0.3, -0.25) is 4.79 Å². The molecule has 4 rings (SSSR count). The summed E-state index contributed by atoms with van der Waals surface area (Å²) in [5.74, 6) is 2.57. The molecule has 2 fully saturated rings. The standard InChI is InChI=1S/C22H29N3O4/c1-27-20-4-2-16(3-5-20)21-14-19(24-29-21)12-18-15-23-7-6-17(18)13-22(26)25-8-10-28-11-9-25/h2-5,14,17-18,23H,6-13,15H2,1H3/t17-,18+/m0/s1. The van der Waals surface area contributed by atoms with Crippen molar-refractivity contribution in [3.8, 4) is 17.1 Å². The maximum atomic E-state index is 12.7. The number of piperidine rings is 1. The van der Waals surface area contributed by atoms with Crippen molar-refractivity contribution in [1.29, 1.82) is 0 Å². The van der Waals surface area contributed by atoms with Crippen LogP contribution in [0.15, 0.2) is 34.9 Å². The summed E-state index contributed by atoms with van der Waals surface area (Å²) in [5, 5.41) is 7.76. The van der Waals surface area contributed by atoms with Crippen LogP contribution in [0.3, 0.4) is 0 Å². The molecule has 156 valence electrons. The zero-order chi connectivity index (χ0) is 20.1. The highest BCUT2D eigenvalue weighted by molar-refractivity contribution is 5.76. The van der Waals surface area contributed by atoms with Crippen LogP contribution in [0.4, 0.5) is 0 Å². The van der Waals surface area contributed by atoms with Crippen molar-refractivity contribution < 1.29 is 18.8 Å². The topological polar surface area (TPSA) is 76.8 Å². The largest absolute Gasteiger partial charge is 0.497 e. The SMILES string of the molecule is COc1ccc(-c2cc(C[C@@H]3CNCC[C@H]3CC(=O)N3CCOCC3)no2)cc1. The first-order valence-electron chi connectivity index (χ1n) is 10.4. The number of nitrogens with zero attached hydrogens (tertiary/aromatic N) is 2. The molecule has 2 aliphatic rings. The number of ether oxygens (including phenoxy) is 2. The lowest BCUT2D eigenvalue weighted by Gasteiger charge is -2.34. The number of nitrogens with one attached hydrogen (secondary N) is 1. The van der Waals surface area contributed by atoms with Crippen LogP contribution in [0.5, 0.6) is 5.75 Å². The number of methoxy groups -OCH3 is 1. The number of carbonyl (C=O) groups excluding carboxylic acids is 1. The molecule has 0 aliphatic carbocycles. The molecule has 7 nitrogen and oxygen atoms in total. The highest BCUT2D eigenvalue weighted by Crippen LogP contribution is 2.29. The Hall–Kier alpha value is -2.38. The molecule has 2 atom stereocenters. The summed E-state index contributed by atoms with van der Waals surface area (Å²) in [5.41, 5.74) is 1.92. The quantitative estimate of drug-likeness (QED) is 0.804. The van der Waals surface area contributed by atoms with Gasteiger partial charge in [0.15, 0.2) is 5.76 Å². The normalized spacial score (nSPS) is 22.4. The van der Waals surface area contributed by atoms with Crippen LogP contribution in [0.1, 0.15) is 18.5 Å². The van der Waals surface area contributed by atoms with Crippen molar-refractivity contribution in [3.63, 3.8) is 0 Å². The number of benzene rings is 1. The average Bonchev–Trinajstić information content (AvgIpc) is 3.24. The van der Waals surface area contributed by atoms with E-state index in [0.29, 0.717) is 44.6 Å². The number of morpholine rings is 1. The van der Waals surface area contributed by atoms with Crippen molar-refractivity contribution in [3.05, 3.63) is 36.0 Å². The van der Waals surface area contributed by atoms with Gasteiger partial charge in [0.1, 0.15) is 5.75 Å².